The molecule has 0 spiro atoms. The summed E-state index contributed by atoms with van der Waals surface area (Å²) >= 11 is 0. The van der Waals surface area contributed by atoms with Gasteiger partial charge in [0.1, 0.15) is 0 Å². The number of hydrogen-bond donors (Lipinski definition) is 0. The van der Waals surface area contributed by atoms with Gasteiger partial charge < -0.3 is 9.13 Å². The topological polar surface area (TPSA) is 57.4 Å². The average molecular weight is 535 g/mol. The lowest BCUT2D eigenvalue weighted by atomic mass is 9.99. The van der Waals surface area contributed by atoms with Crippen LogP contribution in [0.4, 0.5) is 0 Å². The first-order valence-corrected chi connectivity index (χ1v) is 13.8. The van der Waals surface area contributed by atoms with Crippen molar-refractivity contribution in [3.8, 4) is 34.6 Å². The Morgan fingerprint density at radius 3 is 1.60 bits per heavy atom. The van der Waals surface area contributed by atoms with Crippen molar-refractivity contribution in [2.75, 3.05) is 0 Å². The van der Waals surface area contributed by atoms with Gasteiger partial charge in [0, 0.05) is 44.0 Å². The molecule has 6 aromatic carbocycles. The van der Waals surface area contributed by atoms with Crippen molar-refractivity contribution in [3.63, 3.8) is 0 Å². The summed E-state index contributed by atoms with van der Waals surface area (Å²) in [6.45, 7) is 0. The van der Waals surface area contributed by atoms with Gasteiger partial charge in [0.2, 0.25) is 0 Å². The smallest absolute Gasteiger partial charge is 0.0991 e. The van der Waals surface area contributed by atoms with E-state index in [2.05, 4.69) is 106 Å². The van der Waals surface area contributed by atoms with Gasteiger partial charge in [-0.3, -0.25) is 0 Å². The van der Waals surface area contributed by atoms with Crippen LogP contribution in [0.15, 0.2) is 133 Å². The van der Waals surface area contributed by atoms with E-state index in [9.17, 15) is 10.5 Å². The molecule has 4 nitrogen and oxygen atoms in total. The zero-order valence-electron chi connectivity index (χ0n) is 22.5. The highest BCUT2D eigenvalue weighted by Crippen LogP contribution is 2.43. The van der Waals surface area contributed by atoms with E-state index >= 15 is 0 Å². The summed E-state index contributed by atoms with van der Waals surface area (Å²) in [6, 6.07) is 50.2. The number of benzene rings is 6. The molecule has 4 heteroatoms. The van der Waals surface area contributed by atoms with Gasteiger partial charge in [-0.05, 0) is 60.7 Å². The first-order chi connectivity index (χ1) is 20.8. The lowest BCUT2D eigenvalue weighted by Crippen LogP contribution is -1.98. The van der Waals surface area contributed by atoms with Crippen LogP contribution in [0.2, 0.25) is 0 Å². The third kappa shape index (κ3) is 3.40. The molecule has 0 aliphatic carbocycles. The maximum absolute atomic E-state index is 9.72. The Hall–Kier alpha value is -6.10. The maximum Gasteiger partial charge on any atom is 0.0991 e. The van der Waals surface area contributed by atoms with Gasteiger partial charge in [0.25, 0.3) is 0 Å². The number of nitriles is 2. The van der Waals surface area contributed by atoms with Gasteiger partial charge in [-0.25, -0.2) is 0 Å². The van der Waals surface area contributed by atoms with Crippen molar-refractivity contribution in [2.24, 2.45) is 0 Å². The van der Waals surface area contributed by atoms with Gasteiger partial charge in [-0.15, -0.1) is 0 Å². The SMILES string of the molecule is N#Cc1ccc(-n2c3ccc(C#N)cc3c3cccc(-c4cccc5c6ccccc6n(-c6ccccc6)c45)c32)cc1. The fourth-order valence-corrected chi connectivity index (χ4v) is 6.39. The average Bonchev–Trinajstić information content (AvgIpc) is 3.58. The number of para-hydroxylation sites is 4. The molecule has 0 fully saturated rings. The molecule has 0 radical (unpaired) electrons. The minimum absolute atomic E-state index is 0.614. The monoisotopic (exact) mass is 534 g/mol. The molecular weight excluding hydrogens is 512 g/mol. The van der Waals surface area contributed by atoms with Crippen LogP contribution in [0, 0.1) is 22.7 Å². The largest absolute Gasteiger partial charge is 0.309 e. The number of hydrogen-bond acceptors (Lipinski definition) is 2. The van der Waals surface area contributed by atoms with Gasteiger partial charge in [0.15, 0.2) is 0 Å². The zero-order valence-corrected chi connectivity index (χ0v) is 22.5. The van der Waals surface area contributed by atoms with Crippen molar-refractivity contribution in [2.45, 2.75) is 0 Å². The van der Waals surface area contributed by atoms with Crippen molar-refractivity contribution in [1.82, 2.24) is 9.13 Å². The first-order valence-electron chi connectivity index (χ1n) is 13.8. The molecule has 194 valence electrons. The molecule has 0 atom stereocenters. The molecule has 8 rings (SSSR count). The molecule has 0 saturated heterocycles. The molecule has 0 N–H and O–H groups in total. The Morgan fingerprint density at radius 1 is 0.405 bits per heavy atom. The maximum atomic E-state index is 9.72. The van der Waals surface area contributed by atoms with Crippen LogP contribution in [0.1, 0.15) is 11.1 Å². The molecule has 0 unspecified atom stereocenters. The molecule has 0 saturated carbocycles. The number of aromatic nitrogens is 2. The van der Waals surface area contributed by atoms with Crippen LogP contribution >= 0.6 is 0 Å². The van der Waals surface area contributed by atoms with Gasteiger partial charge in [-0.1, -0.05) is 72.8 Å². The second kappa shape index (κ2) is 9.24. The molecule has 2 heterocycles. The van der Waals surface area contributed by atoms with E-state index in [1.54, 1.807) is 0 Å². The Bertz CT molecular complexity index is 2410. The van der Waals surface area contributed by atoms with Crippen molar-refractivity contribution < 1.29 is 0 Å². The summed E-state index contributed by atoms with van der Waals surface area (Å²) in [4.78, 5) is 0. The number of fused-ring (bicyclic) bond motifs is 6. The molecule has 0 aliphatic rings. The Balaban J connectivity index is 1.55. The number of rotatable bonds is 3. The molecule has 42 heavy (non-hydrogen) atoms. The van der Waals surface area contributed by atoms with Crippen LogP contribution in [-0.4, -0.2) is 9.13 Å². The van der Waals surface area contributed by atoms with E-state index in [4.69, 9.17) is 0 Å². The lowest BCUT2D eigenvalue weighted by molar-refractivity contribution is 1.17. The molecule has 8 aromatic rings. The minimum Gasteiger partial charge on any atom is -0.309 e. The van der Waals surface area contributed by atoms with E-state index < -0.39 is 0 Å². The summed E-state index contributed by atoms with van der Waals surface area (Å²) < 4.78 is 4.62. The lowest BCUT2D eigenvalue weighted by Gasteiger charge is -2.15. The van der Waals surface area contributed by atoms with Gasteiger partial charge in [0.05, 0.1) is 45.3 Å². The number of nitrogens with zero attached hydrogens (tertiary/aromatic N) is 4. The molecular formula is C38H22N4. The van der Waals surface area contributed by atoms with Crippen LogP contribution in [0.3, 0.4) is 0 Å². The summed E-state index contributed by atoms with van der Waals surface area (Å²) in [5.74, 6) is 0. The van der Waals surface area contributed by atoms with Gasteiger partial charge >= 0.3 is 0 Å². The third-order valence-electron chi connectivity index (χ3n) is 8.17. The van der Waals surface area contributed by atoms with Crippen LogP contribution in [0.25, 0.3) is 66.1 Å². The summed E-state index contributed by atoms with van der Waals surface area (Å²) in [5, 5.41) is 23.7. The standard InChI is InChI=1S/C38H22N4/c39-23-25-16-19-28(20-17-25)42-36-21-18-26(24-40)22-34(36)33-14-7-13-32(38(33)42)31-12-6-11-30-29-10-4-5-15-35(29)41(37(30)31)27-8-2-1-3-9-27/h1-22H. The van der Waals surface area contributed by atoms with E-state index in [-0.39, 0.29) is 0 Å². The van der Waals surface area contributed by atoms with Crippen molar-refractivity contribution in [1.29, 1.82) is 10.5 Å². The fourth-order valence-electron chi connectivity index (χ4n) is 6.39. The van der Waals surface area contributed by atoms with Crippen LogP contribution in [0.5, 0.6) is 0 Å². The van der Waals surface area contributed by atoms with Crippen LogP contribution < -0.4 is 0 Å². The minimum atomic E-state index is 0.614. The van der Waals surface area contributed by atoms with E-state index in [0.717, 1.165) is 55.3 Å². The first kappa shape index (κ1) is 23.8. The van der Waals surface area contributed by atoms with Crippen LogP contribution in [-0.2, 0) is 0 Å². The van der Waals surface area contributed by atoms with E-state index in [0.29, 0.717) is 11.1 Å². The highest BCUT2D eigenvalue weighted by molar-refractivity contribution is 6.19. The quantitative estimate of drug-likeness (QED) is 0.227. The van der Waals surface area contributed by atoms with E-state index in [1.165, 1.54) is 10.8 Å². The summed E-state index contributed by atoms with van der Waals surface area (Å²) in [7, 11) is 0. The Morgan fingerprint density at radius 2 is 0.929 bits per heavy atom. The third-order valence-corrected chi connectivity index (χ3v) is 8.17. The van der Waals surface area contributed by atoms with Gasteiger partial charge in [-0.2, -0.15) is 10.5 Å². The van der Waals surface area contributed by atoms with E-state index in [1.807, 2.05) is 48.5 Å². The second-order valence-electron chi connectivity index (χ2n) is 10.4. The highest BCUT2D eigenvalue weighted by atomic mass is 15.0. The second-order valence-corrected chi connectivity index (χ2v) is 10.4. The normalized spacial score (nSPS) is 11.3. The molecule has 0 bridgehead atoms. The zero-order chi connectivity index (χ0) is 28.2. The summed E-state index contributed by atoms with van der Waals surface area (Å²) in [6.07, 6.45) is 0. The highest BCUT2D eigenvalue weighted by Gasteiger charge is 2.21. The molecule has 2 aromatic heterocycles. The molecule has 0 amide bonds. The fraction of sp³-hybridized carbons (Fsp3) is 0. The predicted molar refractivity (Wildman–Crippen MR) is 170 cm³/mol. The Kier molecular flexibility index (Phi) is 5.22. The Labute approximate surface area is 242 Å². The molecule has 0 aliphatic heterocycles. The van der Waals surface area contributed by atoms with Crippen molar-refractivity contribution in [3.05, 3.63) is 145 Å². The summed E-state index contributed by atoms with van der Waals surface area (Å²) in [5.41, 5.74) is 9.89. The van der Waals surface area contributed by atoms with Crippen molar-refractivity contribution >= 4 is 43.6 Å². The predicted octanol–water partition coefficient (Wildman–Crippen LogP) is 9.29.